The van der Waals surface area contributed by atoms with Crippen LogP contribution in [0.3, 0.4) is 0 Å². The Morgan fingerprint density at radius 1 is 0.882 bits per heavy atom. The fraction of sp³-hybridized carbons (Fsp3) is 1.00. The van der Waals surface area contributed by atoms with Crippen molar-refractivity contribution in [3.05, 3.63) is 0 Å². The highest BCUT2D eigenvalue weighted by Gasteiger charge is 1.99. The third kappa shape index (κ3) is 12.8. The molecule has 0 N–H and O–H groups in total. The zero-order valence-corrected chi connectivity index (χ0v) is 11.2. The van der Waals surface area contributed by atoms with E-state index in [1.807, 2.05) is 28.2 Å². The summed E-state index contributed by atoms with van der Waals surface area (Å²) in [5.41, 5.74) is 0. The van der Waals surface area contributed by atoms with Crippen LogP contribution < -0.4 is 0 Å². The zero-order valence-electron chi connectivity index (χ0n) is 11.2. The van der Waals surface area contributed by atoms with Crippen molar-refractivity contribution in [3.8, 4) is 0 Å². The van der Waals surface area contributed by atoms with Crippen molar-refractivity contribution in [2.75, 3.05) is 19.6 Å². The molecular weight excluding hydrogens is 195 g/mol. The monoisotopic (exact) mass is 213 g/mol. The van der Waals surface area contributed by atoms with Crippen molar-refractivity contribution in [2.45, 2.75) is 26.6 Å². The van der Waals surface area contributed by atoms with Crippen LogP contribution in [0, 0.1) is 0 Å². The van der Waals surface area contributed by atoms with Gasteiger partial charge in [-0.3, -0.25) is 0 Å². The lowest BCUT2D eigenvalue weighted by molar-refractivity contribution is 0.304. The number of nitrogens with zero attached hydrogens (tertiary/aromatic N) is 1. The average molecular weight is 212 g/mol. The smallest absolute Gasteiger partial charge is 0.0545 e. The van der Waals surface area contributed by atoms with E-state index < -0.39 is 0 Å². The van der Waals surface area contributed by atoms with Gasteiger partial charge >= 0.3 is 0 Å². The molecule has 0 unspecified atom stereocenters. The molecule has 76 valence electrons. The van der Waals surface area contributed by atoms with Gasteiger partial charge in [-0.15, -0.1) is 0 Å². The average Bonchev–Trinajstić information content (AvgIpc) is 2.36. The van der Waals surface area contributed by atoms with Gasteiger partial charge in [-0.2, -0.15) is 0 Å². The van der Waals surface area contributed by atoms with E-state index in [0.29, 0.717) is 0 Å². The zero-order chi connectivity index (χ0) is 12.8. The van der Waals surface area contributed by atoms with Crippen LogP contribution in [-0.4, -0.2) is 88.9 Å². The van der Waals surface area contributed by atoms with Gasteiger partial charge in [0.1, 0.15) is 0 Å². The van der Waals surface area contributed by atoms with Crippen molar-refractivity contribution < 1.29 is 0 Å². The first-order chi connectivity index (χ1) is 8.35. The van der Waals surface area contributed by atoms with Crippen LogP contribution in [0.25, 0.3) is 0 Å². The fourth-order valence-corrected chi connectivity index (χ4v) is 1.47. The van der Waals surface area contributed by atoms with E-state index in [1.165, 1.54) is 20.0 Å². The molecule has 0 aromatic heterocycles. The van der Waals surface area contributed by atoms with E-state index in [9.17, 15) is 0 Å². The summed E-state index contributed by atoms with van der Waals surface area (Å²) >= 11 is 0. The Labute approximate surface area is 116 Å². The van der Waals surface area contributed by atoms with E-state index in [4.69, 9.17) is 7.74 Å². The number of hydrogen-bond acceptors (Lipinski definition) is 1. The molecule has 0 heterocycles. The Bertz CT molecular complexity index is 145. The lowest BCUT2D eigenvalue weighted by Gasteiger charge is -2.17. The molecule has 10 radical (unpaired) electrons. The van der Waals surface area contributed by atoms with Crippen LogP contribution >= 0.6 is 0 Å². The Balaban J connectivity index is 3.03. The maximum Gasteiger partial charge on any atom is 0.0545 e. The first-order valence-electron chi connectivity index (χ1n) is 6.44. The minimum atomic E-state index is 1.15. The van der Waals surface area contributed by atoms with E-state index in [2.05, 4.69) is 33.0 Å². The molecule has 0 aliphatic rings. The molecule has 0 aromatic rings. The lowest BCUT2D eigenvalue weighted by Crippen LogP contribution is -2.30. The van der Waals surface area contributed by atoms with E-state index in [-0.39, 0.29) is 0 Å². The van der Waals surface area contributed by atoms with Gasteiger partial charge in [-0.1, -0.05) is 20.2 Å². The molecule has 0 spiro atoms. The summed E-state index contributed by atoms with van der Waals surface area (Å²) in [5.74, 6) is 0. The molecule has 0 bridgehead atoms. The Morgan fingerprint density at radius 2 is 1.47 bits per heavy atom. The predicted octanol–water partition coefficient (Wildman–Crippen LogP) is -1.74. The molecule has 0 atom stereocenters. The molecular formula is C7H16B9N. The van der Waals surface area contributed by atoms with Crippen LogP contribution in [0.2, 0.25) is 6.32 Å². The normalized spacial score (nSPS) is 9.35. The Kier molecular flexibility index (Phi) is 15.1. The van der Waals surface area contributed by atoms with Crippen LogP contribution in [0.15, 0.2) is 0 Å². The summed E-state index contributed by atoms with van der Waals surface area (Å²) in [6.07, 6.45) is 2.38. The fourth-order valence-electron chi connectivity index (χ4n) is 1.47. The molecule has 0 saturated carbocycles. The SMILES string of the molecule is [B][B][B][B][B][B][B][B][B]CCCN(CC)CC. The highest BCUT2D eigenvalue weighted by molar-refractivity contribution is 7.67. The third-order valence-electron chi connectivity index (χ3n) is 2.54. The van der Waals surface area contributed by atoms with Gasteiger partial charge in [0.25, 0.3) is 0 Å². The van der Waals surface area contributed by atoms with Crippen molar-refractivity contribution >= 4 is 64.3 Å². The molecule has 17 heavy (non-hydrogen) atoms. The van der Waals surface area contributed by atoms with Gasteiger partial charge < -0.3 is 4.90 Å². The lowest BCUT2D eigenvalue weighted by atomic mass is 8.90. The largest absolute Gasteiger partial charge is 0.304 e. The first-order valence-corrected chi connectivity index (χ1v) is 6.44. The summed E-state index contributed by atoms with van der Waals surface area (Å²) in [6.45, 7) is 7.93. The second-order valence-corrected chi connectivity index (χ2v) is 3.75. The Hall–Kier alpha value is 0.544. The summed E-state index contributed by atoms with van der Waals surface area (Å²) in [5, 5.41) is 0. The topological polar surface area (TPSA) is 3.24 Å². The molecule has 0 aliphatic carbocycles. The van der Waals surface area contributed by atoms with E-state index in [1.54, 1.807) is 7.06 Å². The number of rotatable bonds is 13. The van der Waals surface area contributed by atoms with Crippen LogP contribution in [0.1, 0.15) is 20.3 Å². The predicted molar refractivity (Wildman–Crippen MR) is 89.0 cm³/mol. The molecule has 1 nitrogen and oxygen atoms in total. The van der Waals surface area contributed by atoms with Crippen molar-refractivity contribution in [1.29, 1.82) is 0 Å². The molecule has 0 fully saturated rings. The third-order valence-corrected chi connectivity index (χ3v) is 2.54. The van der Waals surface area contributed by atoms with Gasteiger partial charge in [-0.25, -0.2) is 0 Å². The van der Waals surface area contributed by atoms with Gasteiger partial charge in [0, 0.05) is 57.2 Å². The highest BCUT2D eigenvalue weighted by atomic mass is 15.1. The quantitative estimate of drug-likeness (QED) is 0.258. The minimum absolute atomic E-state index is 1.15. The maximum absolute atomic E-state index is 5.20. The van der Waals surface area contributed by atoms with Crippen molar-refractivity contribution in [3.63, 3.8) is 0 Å². The number of hydrogen-bond donors (Lipinski definition) is 0. The standard InChI is InChI=1S/C7H16B9N/c1-3-17(4-2)7-5-6-9-11-13-15-16-14-12-10-8/h3-7H2,1-2H3. The summed E-state index contributed by atoms with van der Waals surface area (Å²) in [7, 11) is 20.7. The van der Waals surface area contributed by atoms with Crippen LogP contribution in [0.5, 0.6) is 0 Å². The summed E-state index contributed by atoms with van der Waals surface area (Å²) in [6, 6.07) is 0. The van der Waals surface area contributed by atoms with Gasteiger partial charge in [0.2, 0.25) is 0 Å². The molecule has 0 aliphatic heterocycles. The van der Waals surface area contributed by atoms with Crippen molar-refractivity contribution in [2.24, 2.45) is 0 Å². The first kappa shape index (κ1) is 17.5. The Morgan fingerprint density at radius 3 is 2.06 bits per heavy atom. The highest BCUT2D eigenvalue weighted by Crippen LogP contribution is 1.94. The summed E-state index contributed by atoms with van der Waals surface area (Å²) < 4.78 is 0. The van der Waals surface area contributed by atoms with Gasteiger partial charge in [0.05, 0.1) is 7.17 Å². The second-order valence-electron chi connectivity index (χ2n) is 3.75. The van der Waals surface area contributed by atoms with E-state index in [0.717, 1.165) is 19.4 Å². The molecule has 0 saturated heterocycles. The molecule has 0 rings (SSSR count). The molecule has 0 amide bonds. The molecule has 0 aromatic carbocycles. The van der Waals surface area contributed by atoms with Crippen molar-refractivity contribution in [1.82, 2.24) is 4.90 Å². The van der Waals surface area contributed by atoms with Gasteiger partial charge in [-0.05, 0) is 26.1 Å². The van der Waals surface area contributed by atoms with Gasteiger partial charge in [0.15, 0.2) is 0 Å². The maximum atomic E-state index is 5.20. The van der Waals surface area contributed by atoms with Crippen LogP contribution in [0.4, 0.5) is 0 Å². The summed E-state index contributed by atoms with van der Waals surface area (Å²) in [4.78, 5) is 2.45. The van der Waals surface area contributed by atoms with Crippen LogP contribution in [-0.2, 0) is 0 Å². The second kappa shape index (κ2) is 14.6. The van der Waals surface area contributed by atoms with E-state index >= 15 is 0 Å². The molecule has 10 heteroatoms. The minimum Gasteiger partial charge on any atom is -0.304 e.